The summed E-state index contributed by atoms with van der Waals surface area (Å²) in [6.45, 7) is 9.95. The minimum atomic E-state index is -0.374. The van der Waals surface area contributed by atoms with E-state index in [1.165, 1.54) is 0 Å². The molecule has 19 heavy (non-hydrogen) atoms. The number of benzene rings is 1. The third-order valence-electron chi connectivity index (χ3n) is 3.33. The number of hydrogen-bond acceptors (Lipinski definition) is 3. The Hall–Kier alpha value is -1.58. The lowest BCUT2D eigenvalue weighted by molar-refractivity contribution is -0.386. The average Bonchev–Trinajstić information content (AvgIpc) is 2.33. The van der Waals surface area contributed by atoms with Crippen LogP contribution < -0.4 is 4.74 Å². The summed E-state index contributed by atoms with van der Waals surface area (Å²) in [7, 11) is 0. The van der Waals surface area contributed by atoms with Gasteiger partial charge in [-0.3, -0.25) is 10.1 Å². The zero-order valence-corrected chi connectivity index (χ0v) is 12.4. The quantitative estimate of drug-likeness (QED) is 0.558. The summed E-state index contributed by atoms with van der Waals surface area (Å²) >= 11 is 0. The van der Waals surface area contributed by atoms with Gasteiger partial charge in [-0.1, -0.05) is 13.8 Å². The van der Waals surface area contributed by atoms with Gasteiger partial charge < -0.3 is 4.74 Å². The van der Waals surface area contributed by atoms with Crippen LogP contribution in [0.4, 0.5) is 5.69 Å². The predicted molar refractivity (Wildman–Crippen MR) is 76.9 cm³/mol. The van der Waals surface area contributed by atoms with Crippen LogP contribution >= 0.6 is 0 Å². The van der Waals surface area contributed by atoms with Crippen LogP contribution in [0, 0.1) is 17.0 Å². The lowest BCUT2D eigenvalue weighted by atomic mass is 9.90. The summed E-state index contributed by atoms with van der Waals surface area (Å²) in [5.74, 6) is 0.808. The summed E-state index contributed by atoms with van der Waals surface area (Å²) in [4.78, 5) is 10.7. The number of hydrogen-bond donors (Lipinski definition) is 0. The van der Waals surface area contributed by atoms with Crippen molar-refractivity contribution in [1.82, 2.24) is 0 Å². The van der Waals surface area contributed by atoms with Gasteiger partial charge in [0.05, 0.1) is 11.0 Å². The molecular formula is C15H23NO3. The van der Waals surface area contributed by atoms with Crippen molar-refractivity contribution in [2.24, 2.45) is 0 Å². The number of aryl methyl sites for hydroxylation is 1. The maximum atomic E-state index is 11.1. The van der Waals surface area contributed by atoms with Crippen LogP contribution in [-0.4, -0.2) is 11.0 Å². The van der Waals surface area contributed by atoms with Gasteiger partial charge in [0, 0.05) is 6.07 Å². The molecule has 0 aromatic heterocycles. The van der Waals surface area contributed by atoms with Crippen molar-refractivity contribution in [3.05, 3.63) is 33.4 Å². The Labute approximate surface area is 114 Å². The molecule has 0 N–H and O–H groups in total. The Morgan fingerprint density at radius 3 is 2.26 bits per heavy atom. The summed E-state index contributed by atoms with van der Waals surface area (Å²) in [5, 5.41) is 11.1. The molecule has 0 saturated heterocycles. The maximum Gasteiger partial charge on any atom is 0.311 e. The molecule has 0 atom stereocenters. The van der Waals surface area contributed by atoms with E-state index in [0.29, 0.717) is 11.7 Å². The average molecular weight is 265 g/mol. The van der Waals surface area contributed by atoms with Crippen molar-refractivity contribution in [2.45, 2.75) is 59.5 Å². The molecule has 1 rings (SSSR count). The molecule has 0 fully saturated rings. The third-order valence-corrected chi connectivity index (χ3v) is 3.33. The fraction of sp³-hybridized carbons (Fsp3) is 0.600. The fourth-order valence-corrected chi connectivity index (χ4v) is 2.35. The van der Waals surface area contributed by atoms with Crippen molar-refractivity contribution in [3.63, 3.8) is 0 Å². The zero-order valence-electron chi connectivity index (χ0n) is 12.4. The number of ether oxygens (including phenoxy) is 1. The Morgan fingerprint density at radius 2 is 1.84 bits per heavy atom. The number of rotatable bonds is 6. The molecule has 0 radical (unpaired) electrons. The molecule has 0 aliphatic rings. The molecule has 0 unspecified atom stereocenters. The SMILES string of the molecule is CCC(CC)c1cc(OC(C)C)c([N+](=O)[O-])cc1C. The van der Waals surface area contributed by atoms with Gasteiger partial charge >= 0.3 is 5.69 Å². The van der Waals surface area contributed by atoms with Gasteiger partial charge in [0.1, 0.15) is 0 Å². The second-order valence-electron chi connectivity index (χ2n) is 5.11. The molecule has 0 aliphatic heterocycles. The van der Waals surface area contributed by atoms with Gasteiger partial charge in [0.2, 0.25) is 0 Å². The largest absolute Gasteiger partial charge is 0.484 e. The second-order valence-corrected chi connectivity index (χ2v) is 5.11. The molecule has 0 saturated carbocycles. The minimum absolute atomic E-state index is 0.0564. The van der Waals surface area contributed by atoms with E-state index in [-0.39, 0.29) is 16.7 Å². The van der Waals surface area contributed by atoms with Gasteiger partial charge in [0.15, 0.2) is 5.75 Å². The summed E-state index contributed by atoms with van der Waals surface area (Å²) < 4.78 is 5.60. The van der Waals surface area contributed by atoms with Crippen LogP contribution in [0.15, 0.2) is 12.1 Å². The maximum absolute atomic E-state index is 11.1. The molecular weight excluding hydrogens is 242 g/mol. The van der Waals surface area contributed by atoms with Crippen LogP contribution in [-0.2, 0) is 0 Å². The summed E-state index contributed by atoms with van der Waals surface area (Å²) in [5.41, 5.74) is 2.18. The molecule has 4 nitrogen and oxygen atoms in total. The van der Waals surface area contributed by atoms with Crippen molar-refractivity contribution < 1.29 is 9.66 Å². The Kier molecular flexibility index (Phi) is 5.33. The van der Waals surface area contributed by atoms with Gasteiger partial charge in [0.25, 0.3) is 0 Å². The molecule has 0 spiro atoms. The van der Waals surface area contributed by atoms with Crippen LogP contribution in [0.1, 0.15) is 57.6 Å². The van der Waals surface area contributed by atoms with Gasteiger partial charge in [-0.2, -0.15) is 0 Å². The zero-order chi connectivity index (χ0) is 14.6. The van der Waals surface area contributed by atoms with E-state index >= 15 is 0 Å². The summed E-state index contributed by atoms with van der Waals surface area (Å²) in [6.07, 6.45) is 1.97. The lowest BCUT2D eigenvalue weighted by Crippen LogP contribution is -2.09. The van der Waals surface area contributed by atoms with Crippen LogP contribution in [0.3, 0.4) is 0 Å². The molecule has 0 heterocycles. The molecule has 4 heteroatoms. The molecule has 1 aromatic rings. The Balaban J connectivity index is 3.32. The highest BCUT2D eigenvalue weighted by molar-refractivity contribution is 5.53. The lowest BCUT2D eigenvalue weighted by Gasteiger charge is -2.18. The van der Waals surface area contributed by atoms with Crippen molar-refractivity contribution >= 4 is 5.69 Å². The highest BCUT2D eigenvalue weighted by Gasteiger charge is 2.21. The Bertz CT molecular complexity index is 451. The molecule has 1 aromatic carbocycles. The first-order chi connectivity index (χ1) is 8.90. The smallest absolute Gasteiger partial charge is 0.311 e. The molecule has 106 valence electrons. The first kappa shape index (κ1) is 15.5. The van der Waals surface area contributed by atoms with E-state index in [2.05, 4.69) is 13.8 Å². The highest BCUT2D eigenvalue weighted by Crippen LogP contribution is 2.36. The first-order valence-corrected chi connectivity index (χ1v) is 6.86. The standard InChI is InChI=1S/C15H23NO3/c1-6-12(7-2)13-9-15(19-10(3)4)14(16(17)18)8-11(13)5/h8-10,12H,6-7H2,1-5H3. The second kappa shape index (κ2) is 6.55. The number of nitro benzene ring substituents is 1. The van der Waals surface area contributed by atoms with Gasteiger partial charge in [-0.15, -0.1) is 0 Å². The topological polar surface area (TPSA) is 52.4 Å². The first-order valence-electron chi connectivity index (χ1n) is 6.86. The van der Waals surface area contributed by atoms with E-state index in [9.17, 15) is 10.1 Å². The monoisotopic (exact) mass is 265 g/mol. The van der Waals surface area contributed by atoms with E-state index < -0.39 is 0 Å². The van der Waals surface area contributed by atoms with Crippen LogP contribution in [0.5, 0.6) is 5.75 Å². The van der Waals surface area contributed by atoms with E-state index in [1.807, 2.05) is 26.8 Å². The van der Waals surface area contributed by atoms with Crippen molar-refractivity contribution in [2.75, 3.05) is 0 Å². The molecule has 0 bridgehead atoms. The Morgan fingerprint density at radius 1 is 1.26 bits per heavy atom. The van der Waals surface area contributed by atoms with Crippen molar-refractivity contribution in [3.8, 4) is 5.75 Å². The predicted octanol–water partition coefficient (Wildman–Crippen LogP) is 4.59. The van der Waals surface area contributed by atoms with Gasteiger partial charge in [-0.05, 0) is 56.7 Å². The highest BCUT2D eigenvalue weighted by atomic mass is 16.6. The summed E-state index contributed by atoms with van der Waals surface area (Å²) in [6, 6.07) is 3.48. The van der Waals surface area contributed by atoms with E-state index in [1.54, 1.807) is 6.07 Å². The van der Waals surface area contributed by atoms with Crippen LogP contribution in [0.25, 0.3) is 0 Å². The molecule has 0 amide bonds. The van der Waals surface area contributed by atoms with Gasteiger partial charge in [-0.25, -0.2) is 0 Å². The minimum Gasteiger partial charge on any atom is -0.484 e. The van der Waals surface area contributed by atoms with Crippen LogP contribution in [0.2, 0.25) is 0 Å². The number of nitro groups is 1. The normalized spacial score (nSPS) is 11.1. The van der Waals surface area contributed by atoms with E-state index in [0.717, 1.165) is 24.0 Å². The van der Waals surface area contributed by atoms with E-state index in [4.69, 9.17) is 4.74 Å². The fourth-order valence-electron chi connectivity index (χ4n) is 2.35. The number of nitrogens with zero attached hydrogens (tertiary/aromatic N) is 1. The van der Waals surface area contributed by atoms with Crippen molar-refractivity contribution in [1.29, 1.82) is 0 Å². The molecule has 0 aliphatic carbocycles. The third kappa shape index (κ3) is 3.69.